The Morgan fingerprint density at radius 3 is 2.32 bits per heavy atom. The maximum absolute atomic E-state index is 13.2. The quantitative estimate of drug-likeness (QED) is 0.442. The van der Waals surface area contributed by atoms with Crippen LogP contribution in [0.5, 0.6) is 0 Å². The molecule has 5 N–H and O–H groups in total. The summed E-state index contributed by atoms with van der Waals surface area (Å²) in [6.45, 7) is 10.1. The van der Waals surface area contributed by atoms with Crippen molar-refractivity contribution in [1.29, 1.82) is 5.26 Å². The summed E-state index contributed by atoms with van der Waals surface area (Å²) in [4.78, 5) is 37.0. The smallest absolute Gasteiger partial charge is 0.427 e. The first-order chi connectivity index (χ1) is 17.5. The third-order valence-electron chi connectivity index (χ3n) is 6.17. The summed E-state index contributed by atoms with van der Waals surface area (Å²) in [7, 11) is 0. The highest BCUT2D eigenvalue weighted by atomic mass is 16.6. The average Bonchev–Trinajstić information content (AvgIpc) is 3.09. The van der Waals surface area contributed by atoms with E-state index in [4.69, 9.17) is 20.9 Å². The number of nitrogen functional groups attached to an aromatic ring is 2. The molecule has 0 aromatic carbocycles. The predicted octanol–water partition coefficient (Wildman–Crippen LogP) is 3.57. The molecule has 4 heterocycles. The molecule has 3 aromatic heterocycles. The van der Waals surface area contributed by atoms with Gasteiger partial charge < -0.3 is 25.8 Å². The molecule has 196 valence electrons. The summed E-state index contributed by atoms with van der Waals surface area (Å²) in [6.07, 6.45) is 2.25. The lowest BCUT2D eigenvalue weighted by molar-refractivity contribution is 0.0524. The van der Waals surface area contributed by atoms with Crippen molar-refractivity contribution < 1.29 is 19.1 Å². The van der Waals surface area contributed by atoms with Crippen LogP contribution >= 0.6 is 0 Å². The number of aromatic nitrogens is 3. The maximum Gasteiger partial charge on any atom is 0.427 e. The standard InChI is InChI=1S/C25H32N8O4/c1-6-36-23(34)15-13(2)33(31-24(35)37-25(3,4)5)22-17(15)16-14(12-26)21(32-10-8-7-9-11-32)29-19(27)18(16)20(28)30-22/h6-11H2,1-5H3,(H2,27,29)(H2,28,30)(H,31,35). The lowest BCUT2D eigenvalue weighted by atomic mass is 10.00. The molecule has 37 heavy (non-hydrogen) atoms. The zero-order valence-electron chi connectivity index (χ0n) is 21.8. The summed E-state index contributed by atoms with van der Waals surface area (Å²) < 4.78 is 12.1. The highest BCUT2D eigenvalue weighted by molar-refractivity contribution is 6.22. The number of esters is 1. The zero-order valence-corrected chi connectivity index (χ0v) is 21.8. The monoisotopic (exact) mass is 508 g/mol. The number of carbonyl (C=O) groups is 2. The van der Waals surface area contributed by atoms with Gasteiger partial charge in [-0.2, -0.15) is 5.26 Å². The number of piperidine rings is 1. The molecular formula is C25H32N8O4. The van der Waals surface area contributed by atoms with Crippen molar-refractivity contribution in [2.75, 3.05) is 41.5 Å². The number of nitrogens with zero attached hydrogens (tertiary/aromatic N) is 5. The van der Waals surface area contributed by atoms with Gasteiger partial charge >= 0.3 is 12.1 Å². The molecule has 0 unspecified atom stereocenters. The number of nitrogens with two attached hydrogens (primary N) is 2. The first-order valence-electron chi connectivity index (χ1n) is 12.2. The van der Waals surface area contributed by atoms with Crippen molar-refractivity contribution in [3.05, 3.63) is 16.8 Å². The van der Waals surface area contributed by atoms with E-state index in [1.54, 1.807) is 34.6 Å². The molecule has 0 atom stereocenters. The van der Waals surface area contributed by atoms with Gasteiger partial charge in [0.2, 0.25) is 0 Å². The first-order valence-corrected chi connectivity index (χ1v) is 12.2. The van der Waals surface area contributed by atoms with Gasteiger partial charge in [0.15, 0.2) is 5.65 Å². The third kappa shape index (κ3) is 4.64. The van der Waals surface area contributed by atoms with Crippen LogP contribution in [0.3, 0.4) is 0 Å². The van der Waals surface area contributed by atoms with Crippen molar-refractivity contribution in [2.45, 2.75) is 59.5 Å². The van der Waals surface area contributed by atoms with Crippen molar-refractivity contribution in [3.63, 3.8) is 0 Å². The van der Waals surface area contributed by atoms with Crippen LogP contribution in [0.4, 0.5) is 22.2 Å². The fourth-order valence-electron chi connectivity index (χ4n) is 4.71. The van der Waals surface area contributed by atoms with Gasteiger partial charge in [0.1, 0.15) is 34.7 Å². The molecule has 12 heteroatoms. The topological polar surface area (TPSA) is 174 Å². The van der Waals surface area contributed by atoms with E-state index in [1.165, 1.54) is 4.68 Å². The molecule has 4 rings (SSSR count). The Hall–Kier alpha value is -4.27. The van der Waals surface area contributed by atoms with Crippen LogP contribution < -0.4 is 21.8 Å². The van der Waals surface area contributed by atoms with E-state index < -0.39 is 17.7 Å². The van der Waals surface area contributed by atoms with Gasteiger partial charge in [-0.15, -0.1) is 0 Å². The molecule has 1 saturated heterocycles. The molecule has 0 spiro atoms. The van der Waals surface area contributed by atoms with Gasteiger partial charge in [0.05, 0.1) is 23.3 Å². The highest BCUT2D eigenvalue weighted by Crippen LogP contribution is 2.41. The van der Waals surface area contributed by atoms with Crippen LogP contribution in [0.2, 0.25) is 0 Å². The van der Waals surface area contributed by atoms with Crippen LogP contribution in [0, 0.1) is 18.3 Å². The second kappa shape index (κ2) is 9.65. The molecule has 1 aliphatic heterocycles. The second-order valence-electron chi connectivity index (χ2n) is 9.93. The Labute approximate surface area is 214 Å². The van der Waals surface area contributed by atoms with Crippen LogP contribution in [0.15, 0.2) is 0 Å². The number of hydrogen-bond donors (Lipinski definition) is 3. The number of anilines is 3. The molecule has 0 aliphatic carbocycles. The van der Waals surface area contributed by atoms with Crippen LogP contribution in [0.25, 0.3) is 21.8 Å². The van der Waals surface area contributed by atoms with Gasteiger partial charge in [-0.25, -0.2) is 29.7 Å². The van der Waals surface area contributed by atoms with Gasteiger partial charge in [-0.05, 0) is 53.9 Å². The van der Waals surface area contributed by atoms with Gasteiger partial charge in [-0.3, -0.25) is 0 Å². The van der Waals surface area contributed by atoms with Crippen molar-refractivity contribution in [1.82, 2.24) is 14.6 Å². The largest absolute Gasteiger partial charge is 0.462 e. The van der Waals surface area contributed by atoms with Crippen molar-refractivity contribution >= 4 is 51.3 Å². The lowest BCUT2D eigenvalue weighted by Crippen LogP contribution is -2.32. The summed E-state index contributed by atoms with van der Waals surface area (Å²) in [5.41, 5.74) is 15.4. The number of hydrogen-bond acceptors (Lipinski definition) is 10. The molecule has 3 aromatic rings. The minimum Gasteiger partial charge on any atom is -0.462 e. The SMILES string of the molecule is CCOC(=O)c1c(C)n(NC(=O)OC(C)(C)C)c2nc(N)c3c(N)nc(N4CCCCC4)c(C#N)c3c12. The molecule has 1 amide bonds. The van der Waals surface area contributed by atoms with Crippen molar-refractivity contribution in [2.24, 2.45) is 0 Å². The van der Waals surface area contributed by atoms with E-state index in [9.17, 15) is 14.9 Å². The number of pyridine rings is 2. The van der Waals surface area contributed by atoms with E-state index in [1.807, 2.05) is 4.90 Å². The normalized spacial score (nSPS) is 14.0. The number of ether oxygens (including phenoxy) is 2. The van der Waals surface area contributed by atoms with Crippen LogP contribution in [-0.2, 0) is 9.47 Å². The Morgan fingerprint density at radius 1 is 1.08 bits per heavy atom. The summed E-state index contributed by atoms with van der Waals surface area (Å²) in [6, 6.07) is 2.26. The summed E-state index contributed by atoms with van der Waals surface area (Å²) in [5, 5.41) is 11.2. The Kier molecular flexibility index (Phi) is 6.73. The van der Waals surface area contributed by atoms with Gasteiger partial charge in [0.25, 0.3) is 0 Å². The fraction of sp³-hybridized carbons (Fsp3) is 0.480. The van der Waals surface area contributed by atoms with Crippen LogP contribution in [0.1, 0.15) is 68.6 Å². The Balaban J connectivity index is 2.10. The molecule has 12 nitrogen and oxygen atoms in total. The Morgan fingerprint density at radius 2 is 1.73 bits per heavy atom. The molecule has 1 fully saturated rings. The third-order valence-corrected chi connectivity index (χ3v) is 6.17. The number of rotatable bonds is 4. The second-order valence-corrected chi connectivity index (χ2v) is 9.93. The van der Waals surface area contributed by atoms with Gasteiger partial charge in [0, 0.05) is 23.9 Å². The number of carbonyl (C=O) groups excluding carboxylic acids is 2. The molecule has 0 bridgehead atoms. The number of amides is 1. The summed E-state index contributed by atoms with van der Waals surface area (Å²) >= 11 is 0. The molecule has 0 saturated carbocycles. The molecule has 0 radical (unpaired) electrons. The van der Waals surface area contributed by atoms with Gasteiger partial charge in [-0.1, -0.05) is 0 Å². The first kappa shape index (κ1) is 25.8. The highest BCUT2D eigenvalue weighted by Gasteiger charge is 2.31. The number of nitrogens with one attached hydrogen (secondary N) is 1. The fourth-order valence-corrected chi connectivity index (χ4v) is 4.71. The van der Waals surface area contributed by atoms with E-state index in [0.717, 1.165) is 32.4 Å². The van der Waals surface area contributed by atoms with E-state index in [2.05, 4.69) is 21.5 Å². The number of fused-ring (bicyclic) bond motifs is 3. The lowest BCUT2D eigenvalue weighted by Gasteiger charge is -2.29. The van der Waals surface area contributed by atoms with E-state index in [0.29, 0.717) is 22.3 Å². The van der Waals surface area contributed by atoms with E-state index in [-0.39, 0.29) is 40.4 Å². The summed E-state index contributed by atoms with van der Waals surface area (Å²) in [5.74, 6) is -0.100. The molecule has 1 aliphatic rings. The number of nitriles is 1. The molecular weight excluding hydrogens is 476 g/mol. The van der Waals surface area contributed by atoms with E-state index >= 15 is 0 Å². The predicted molar refractivity (Wildman–Crippen MR) is 141 cm³/mol. The average molecular weight is 509 g/mol. The van der Waals surface area contributed by atoms with Crippen molar-refractivity contribution in [3.8, 4) is 6.07 Å². The Bertz CT molecular complexity index is 1440. The maximum atomic E-state index is 13.2. The minimum atomic E-state index is -0.762. The van der Waals surface area contributed by atoms with Crippen LogP contribution in [-0.4, -0.2) is 52.0 Å². The minimum absolute atomic E-state index is 0.00865. The zero-order chi connectivity index (χ0) is 27.1.